The average Bonchev–Trinajstić information content (AvgIpc) is 3.14. The Morgan fingerprint density at radius 3 is 2.71 bits per heavy atom. The maximum atomic E-state index is 13.7. The molecule has 5 rings (SSSR count). The number of para-hydroxylation sites is 1. The fourth-order valence-electron chi connectivity index (χ4n) is 4.03. The number of carbonyl (C=O) groups excluding carboxylic acids is 1. The molecule has 0 radical (unpaired) electrons. The van der Waals surface area contributed by atoms with Crippen molar-refractivity contribution in [2.75, 3.05) is 11.6 Å². The van der Waals surface area contributed by atoms with E-state index in [4.69, 9.17) is 0 Å². The lowest BCUT2D eigenvalue weighted by Gasteiger charge is -2.14. The van der Waals surface area contributed by atoms with Crippen LogP contribution >= 0.6 is 11.8 Å². The molecule has 0 aromatic heterocycles. The van der Waals surface area contributed by atoms with Crippen molar-refractivity contribution in [3.8, 4) is 11.3 Å². The minimum atomic E-state index is -0.346. The molecule has 34 heavy (non-hydrogen) atoms. The SMILES string of the molecule is CSc1cccc(NC(=O)Cn2nc3c4ccccc4n(Cc4cccc(F)c4)cc-3c2=O)c1. The van der Waals surface area contributed by atoms with Gasteiger partial charge in [-0.1, -0.05) is 36.4 Å². The predicted octanol–water partition coefficient (Wildman–Crippen LogP) is 4.85. The lowest BCUT2D eigenvalue weighted by molar-refractivity contribution is -0.116. The Morgan fingerprint density at radius 1 is 1.06 bits per heavy atom. The van der Waals surface area contributed by atoms with Crippen molar-refractivity contribution in [1.29, 1.82) is 0 Å². The number of hydrogen-bond acceptors (Lipinski definition) is 4. The van der Waals surface area contributed by atoms with Gasteiger partial charge in [0.15, 0.2) is 0 Å². The van der Waals surface area contributed by atoms with Crippen LogP contribution in [0.4, 0.5) is 10.1 Å². The molecule has 3 aromatic rings. The third-order valence-electron chi connectivity index (χ3n) is 5.58. The summed E-state index contributed by atoms with van der Waals surface area (Å²) in [5, 5.41) is 8.11. The predicted molar refractivity (Wildman–Crippen MR) is 133 cm³/mol. The first-order chi connectivity index (χ1) is 16.5. The van der Waals surface area contributed by atoms with Crippen molar-refractivity contribution in [1.82, 2.24) is 14.3 Å². The second-order valence-corrected chi connectivity index (χ2v) is 8.79. The smallest absolute Gasteiger partial charge is 0.278 e. The number of halogens is 1. The summed E-state index contributed by atoms with van der Waals surface area (Å²) in [6.07, 6.45) is 3.69. The molecule has 0 atom stereocenters. The number of nitrogens with one attached hydrogen (secondary N) is 1. The number of carbonyl (C=O) groups is 1. The van der Waals surface area contributed by atoms with Crippen LogP contribution in [0.5, 0.6) is 0 Å². The van der Waals surface area contributed by atoms with Crippen LogP contribution in [0.15, 0.2) is 88.7 Å². The number of rotatable bonds is 6. The lowest BCUT2D eigenvalue weighted by atomic mass is 10.1. The highest BCUT2D eigenvalue weighted by molar-refractivity contribution is 7.98. The molecule has 2 aliphatic heterocycles. The van der Waals surface area contributed by atoms with Gasteiger partial charge in [-0.2, -0.15) is 5.10 Å². The molecule has 2 aliphatic rings. The Kier molecular flexibility index (Phi) is 5.90. The first-order valence-electron chi connectivity index (χ1n) is 10.7. The summed E-state index contributed by atoms with van der Waals surface area (Å²) in [5.41, 5.74) is 2.91. The van der Waals surface area contributed by atoms with E-state index < -0.39 is 0 Å². The van der Waals surface area contributed by atoms with Crippen molar-refractivity contribution >= 4 is 34.3 Å². The Balaban J connectivity index is 1.51. The number of benzene rings is 3. The van der Waals surface area contributed by atoms with Gasteiger partial charge in [0, 0.05) is 28.7 Å². The van der Waals surface area contributed by atoms with Crippen LogP contribution in [0.2, 0.25) is 0 Å². The van der Waals surface area contributed by atoms with E-state index in [-0.39, 0.29) is 23.8 Å². The van der Waals surface area contributed by atoms with Gasteiger partial charge in [0.05, 0.1) is 11.1 Å². The molecule has 170 valence electrons. The van der Waals surface area contributed by atoms with Crippen molar-refractivity contribution < 1.29 is 9.18 Å². The first-order valence-corrected chi connectivity index (χ1v) is 11.9. The summed E-state index contributed by atoms with van der Waals surface area (Å²) in [5.74, 6) is -0.644. The fourth-order valence-corrected chi connectivity index (χ4v) is 4.49. The molecule has 2 heterocycles. The molecule has 6 nitrogen and oxygen atoms in total. The number of aromatic nitrogens is 3. The Morgan fingerprint density at radius 2 is 1.88 bits per heavy atom. The largest absolute Gasteiger partial charge is 0.342 e. The maximum absolute atomic E-state index is 13.7. The van der Waals surface area contributed by atoms with Gasteiger partial charge in [0.1, 0.15) is 18.1 Å². The highest BCUT2D eigenvalue weighted by Gasteiger charge is 2.21. The topological polar surface area (TPSA) is 68.9 Å². The summed E-state index contributed by atoms with van der Waals surface area (Å²) >= 11 is 1.58. The molecular formula is C26H21FN4O2S. The fraction of sp³-hybridized carbons (Fsp3) is 0.115. The normalized spacial score (nSPS) is 11.2. The van der Waals surface area contributed by atoms with E-state index in [1.165, 1.54) is 16.8 Å². The zero-order valence-corrected chi connectivity index (χ0v) is 19.2. The van der Waals surface area contributed by atoms with Gasteiger partial charge in [-0.05, 0) is 48.2 Å². The molecule has 3 aromatic carbocycles. The minimum Gasteiger partial charge on any atom is -0.342 e. The van der Waals surface area contributed by atoms with Crippen molar-refractivity contribution in [2.24, 2.45) is 0 Å². The van der Waals surface area contributed by atoms with Crippen LogP contribution in [0, 0.1) is 5.82 Å². The number of anilines is 1. The van der Waals surface area contributed by atoms with Crippen molar-refractivity contribution in [3.63, 3.8) is 0 Å². The van der Waals surface area contributed by atoms with E-state index in [9.17, 15) is 14.0 Å². The van der Waals surface area contributed by atoms with Crippen LogP contribution in [-0.4, -0.2) is 26.5 Å². The van der Waals surface area contributed by atoms with Gasteiger partial charge in [0.25, 0.3) is 5.56 Å². The van der Waals surface area contributed by atoms with Crippen LogP contribution in [0.1, 0.15) is 5.56 Å². The van der Waals surface area contributed by atoms with E-state index in [0.29, 0.717) is 23.5 Å². The molecular weight excluding hydrogens is 451 g/mol. The lowest BCUT2D eigenvalue weighted by Crippen LogP contribution is -2.26. The molecule has 0 aliphatic carbocycles. The molecule has 8 heteroatoms. The zero-order chi connectivity index (χ0) is 23.7. The molecule has 0 unspecified atom stereocenters. The van der Waals surface area contributed by atoms with Gasteiger partial charge >= 0.3 is 0 Å². The Labute approximate surface area is 199 Å². The van der Waals surface area contributed by atoms with E-state index in [1.54, 1.807) is 30.1 Å². The van der Waals surface area contributed by atoms with Gasteiger partial charge in [-0.3, -0.25) is 9.59 Å². The summed E-state index contributed by atoms with van der Waals surface area (Å²) < 4.78 is 16.8. The van der Waals surface area contributed by atoms with Crippen molar-refractivity contribution in [3.05, 3.63) is 101 Å². The van der Waals surface area contributed by atoms with Crippen LogP contribution in [0.3, 0.4) is 0 Å². The molecule has 1 amide bonds. The average molecular weight is 473 g/mol. The molecule has 0 bridgehead atoms. The van der Waals surface area contributed by atoms with E-state index in [0.717, 1.165) is 21.4 Å². The van der Waals surface area contributed by atoms with Crippen LogP contribution < -0.4 is 10.9 Å². The molecule has 0 fully saturated rings. The Hall–Kier alpha value is -3.91. The molecule has 1 N–H and O–H groups in total. The van der Waals surface area contributed by atoms with E-state index in [1.807, 2.05) is 59.4 Å². The number of thioether (sulfide) groups is 1. The van der Waals surface area contributed by atoms with E-state index in [2.05, 4.69) is 10.4 Å². The molecule has 0 saturated carbocycles. The molecule has 0 spiro atoms. The highest BCUT2D eigenvalue weighted by Crippen LogP contribution is 2.28. The number of fused-ring (bicyclic) bond motifs is 3. The Bertz CT molecular complexity index is 1540. The maximum Gasteiger partial charge on any atom is 0.278 e. The quantitative estimate of drug-likeness (QED) is 0.359. The first kappa shape index (κ1) is 21.9. The molecule has 0 saturated heterocycles. The second-order valence-electron chi connectivity index (χ2n) is 7.91. The van der Waals surface area contributed by atoms with E-state index >= 15 is 0 Å². The monoisotopic (exact) mass is 472 g/mol. The van der Waals surface area contributed by atoms with Gasteiger partial charge in [0.2, 0.25) is 5.91 Å². The summed E-state index contributed by atoms with van der Waals surface area (Å²) in [6.45, 7) is 0.195. The number of pyridine rings is 1. The van der Waals surface area contributed by atoms with Crippen LogP contribution in [0.25, 0.3) is 22.2 Å². The standard InChI is InChI=1S/C26H21FN4O2S/c1-34-20-9-5-8-19(13-20)28-24(32)16-31-26(33)22-15-30(14-17-6-4-7-18(27)12-17)23-11-3-2-10-21(23)25(22)29-31/h2-13,15H,14,16H2,1H3,(H,28,32). The summed E-state index contributed by atoms with van der Waals surface area (Å²) in [7, 11) is 0. The number of amides is 1. The van der Waals surface area contributed by atoms with Gasteiger partial charge < -0.3 is 9.88 Å². The number of nitrogens with zero attached hydrogens (tertiary/aromatic N) is 3. The summed E-state index contributed by atoms with van der Waals surface area (Å²) in [4.78, 5) is 26.8. The minimum absolute atomic E-state index is 0.199. The van der Waals surface area contributed by atoms with Crippen molar-refractivity contribution in [2.45, 2.75) is 18.0 Å². The third-order valence-corrected chi connectivity index (χ3v) is 6.31. The van der Waals surface area contributed by atoms with Gasteiger partial charge in [-0.15, -0.1) is 11.8 Å². The number of hydrogen-bond donors (Lipinski definition) is 1. The second kappa shape index (κ2) is 9.15. The van der Waals surface area contributed by atoms with Crippen LogP contribution in [-0.2, 0) is 17.9 Å². The van der Waals surface area contributed by atoms with Gasteiger partial charge in [-0.25, -0.2) is 9.07 Å². The zero-order valence-electron chi connectivity index (χ0n) is 18.4. The highest BCUT2D eigenvalue weighted by atomic mass is 32.2. The third kappa shape index (κ3) is 4.32. The summed E-state index contributed by atoms with van der Waals surface area (Å²) in [6, 6.07) is 21.5.